The lowest BCUT2D eigenvalue weighted by Gasteiger charge is -2.17. The molecule has 0 spiro atoms. The molecule has 1 saturated carbocycles. The van der Waals surface area contributed by atoms with Crippen LogP contribution in [0.1, 0.15) is 19.3 Å². The van der Waals surface area contributed by atoms with Crippen LogP contribution in [0.4, 0.5) is 0 Å². The number of hydrogen-bond acceptors (Lipinski definition) is 3. The number of likely N-dealkylation sites (tertiary alicyclic amines) is 1. The lowest BCUT2D eigenvalue weighted by Crippen LogP contribution is -2.41. The fourth-order valence-electron chi connectivity index (χ4n) is 3.12. The Morgan fingerprint density at radius 3 is 2.78 bits per heavy atom. The van der Waals surface area contributed by atoms with E-state index >= 15 is 0 Å². The molecule has 1 saturated heterocycles. The van der Waals surface area contributed by atoms with Crippen LogP contribution in [0.5, 0.6) is 5.75 Å². The van der Waals surface area contributed by atoms with Crippen molar-refractivity contribution in [3.8, 4) is 5.75 Å². The SMILES string of the molecule is CN=C(NCCOc1ccccc1)NCC1CCN(C2CC2)C1. The Balaban J connectivity index is 1.29. The number of para-hydroxylation sites is 1. The standard InChI is InChI=1S/C18H28N4O/c1-19-18(20-10-12-23-17-5-3-2-4-6-17)21-13-15-9-11-22(14-15)16-7-8-16/h2-6,15-16H,7-14H2,1H3,(H2,19,20,21). The number of nitrogens with one attached hydrogen (secondary N) is 2. The van der Waals surface area contributed by atoms with Crippen LogP contribution < -0.4 is 15.4 Å². The molecule has 1 aliphatic carbocycles. The summed E-state index contributed by atoms with van der Waals surface area (Å²) in [6.45, 7) is 4.89. The van der Waals surface area contributed by atoms with E-state index in [0.717, 1.165) is 36.8 Å². The predicted octanol–water partition coefficient (Wildman–Crippen LogP) is 1.71. The summed E-state index contributed by atoms with van der Waals surface area (Å²) in [5.74, 6) is 2.52. The average molecular weight is 316 g/mol. The molecule has 1 aliphatic heterocycles. The zero-order valence-electron chi connectivity index (χ0n) is 14.0. The Bertz CT molecular complexity index is 501. The minimum atomic E-state index is 0.629. The molecule has 2 aliphatic rings. The molecule has 2 N–H and O–H groups in total. The summed E-state index contributed by atoms with van der Waals surface area (Å²) in [6, 6.07) is 10.8. The van der Waals surface area contributed by atoms with E-state index in [1.165, 1.54) is 32.4 Å². The first-order valence-corrected chi connectivity index (χ1v) is 8.71. The number of hydrogen-bond donors (Lipinski definition) is 2. The van der Waals surface area contributed by atoms with E-state index < -0.39 is 0 Å². The highest BCUT2D eigenvalue weighted by atomic mass is 16.5. The van der Waals surface area contributed by atoms with E-state index in [2.05, 4.69) is 20.5 Å². The molecule has 1 unspecified atom stereocenters. The Kier molecular flexibility index (Phi) is 5.75. The van der Waals surface area contributed by atoms with Gasteiger partial charge in [0.15, 0.2) is 5.96 Å². The molecular formula is C18H28N4O. The topological polar surface area (TPSA) is 48.9 Å². The quantitative estimate of drug-likeness (QED) is 0.457. The van der Waals surface area contributed by atoms with Crippen molar-refractivity contribution in [3.05, 3.63) is 30.3 Å². The van der Waals surface area contributed by atoms with Crippen molar-refractivity contribution < 1.29 is 4.74 Å². The van der Waals surface area contributed by atoms with Crippen molar-refractivity contribution in [2.75, 3.05) is 39.8 Å². The van der Waals surface area contributed by atoms with Crippen molar-refractivity contribution in [1.29, 1.82) is 0 Å². The van der Waals surface area contributed by atoms with Crippen LogP contribution in [-0.4, -0.2) is 56.7 Å². The highest BCUT2D eigenvalue weighted by Gasteiger charge is 2.34. The highest BCUT2D eigenvalue weighted by Crippen LogP contribution is 2.31. The van der Waals surface area contributed by atoms with Crippen LogP contribution in [0.3, 0.4) is 0 Å². The van der Waals surface area contributed by atoms with Gasteiger partial charge in [-0.15, -0.1) is 0 Å². The molecular weight excluding hydrogens is 288 g/mol. The zero-order valence-corrected chi connectivity index (χ0v) is 14.0. The minimum absolute atomic E-state index is 0.629. The van der Waals surface area contributed by atoms with Gasteiger partial charge in [-0.25, -0.2) is 0 Å². The highest BCUT2D eigenvalue weighted by molar-refractivity contribution is 5.79. The predicted molar refractivity (Wildman–Crippen MR) is 94.0 cm³/mol. The third-order valence-corrected chi connectivity index (χ3v) is 4.57. The summed E-state index contributed by atoms with van der Waals surface area (Å²) in [5, 5.41) is 6.76. The van der Waals surface area contributed by atoms with Gasteiger partial charge >= 0.3 is 0 Å². The molecule has 1 aromatic rings. The van der Waals surface area contributed by atoms with Crippen LogP contribution in [0.25, 0.3) is 0 Å². The molecule has 5 nitrogen and oxygen atoms in total. The number of aliphatic imine (C=N–C) groups is 1. The number of guanidine groups is 1. The van der Waals surface area contributed by atoms with E-state index in [-0.39, 0.29) is 0 Å². The Labute approximate surface area is 139 Å². The zero-order chi connectivity index (χ0) is 15.9. The van der Waals surface area contributed by atoms with Gasteiger partial charge in [0.05, 0.1) is 6.54 Å². The van der Waals surface area contributed by atoms with Gasteiger partial charge in [0.2, 0.25) is 0 Å². The van der Waals surface area contributed by atoms with E-state index in [9.17, 15) is 0 Å². The van der Waals surface area contributed by atoms with Crippen molar-refractivity contribution in [3.63, 3.8) is 0 Å². The van der Waals surface area contributed by atoms with Crippen LogP contribution in [0.2, 0.25) is 0 Å². The van der Waals surface area contributed by atoms with Crippen molar-refractivity contribution in [2.45, 2.75) is 25.3 Å². The fourth-order valence-corrected chi connectivity index (χ4v) is 3.12. The molecule has 0 amide bonds. The maximum Gasteiger partial charge on any atom is 0.191 e. The lowest BCUT2D eigenvalue weighted by atomic mass is 10.1. The molecule has 0 radical (unpaired) electrons. The minimum Gasteiger partial charge on any atom is -0.492 e. The summed E-state index contributed by atoms with van der Waals surface area (Å²) in [7, 11) is 1.82. The Hall–Kier alpha value is -1.75. The van der Waals surface area contributed by atoms with Gasteiger partial charge in [0.25, 0.3) is 0 Å². The molecule has 1 atom stereocenters. The second-order valence-corrected chi connectivity index (χ2v) is 6.42. The Morgan fingerprint density at radius 1 is 1.22 bits per heavy atom. The van der Waals surface area contributed by atoms with Gasteiger partial charge in [0, 0.05) is 26.2 Å². The molecule has 0 aromatic heterocycles. The molecule has 3 rings (SSSR count). The second-order valence-electron chi connectivity index (χ2n) is 6.42. The monoisotopic (exact) mass is 316 g/mol. The van der Waals surface area contributed by atoms with Gasteiger partial charge in [0.1, 0.15) is 12.4 Å². The summed E-state index contributed by atoms with van der Waals surface area (Å²) < 4.78 is 5.67. The first kappa shape index (κ1) is 16.1. The van der Waals surface area contributed by atoms with Crippen molar-refractivity contribution >= 4 is 5.96 Å². The molecule has 1 heterocycles. The fraction of sp³-hybridized carbons (Fsp3) is 0.611. The van der Waals surface area contributed by atoms with E-state index in [1.807, 2.05) is 37.4 Å². The Morgan fingerprint density at radius 2 is 2.04 bits per heavy atom. The number of ether oxygens (including phenoxy) is 1. The molecule has 0 bridgehead atoms. The first-order valence-electron chi connectivity index (χ1n) is 8.71. The molecule has 5 heteroatoms. The first-order chi connectivity index (χ1) is 11.3. The van der Waals surface area contributed by atoms with Crippen molar-refractivity contribution in [1.82, 2.24) is 15.5 Å². The number of benzene rings is 1. The van der Waals surface area contributed by atoms with Gasteiger partial charge in [-0.2, -0.15) is 0 Å². The van der Waals surface area contributed by atoms with E-state index in [0.29, 0.717) is 6.61 Å². The third-order valence-electron chi connectivity index (χ3n) is 4.57. The second kappa shape index (κ2) is 8.20. The van der Waals surface area contributed by atoms with Crippen LogP contribution in [0, 0.1) is 5.92 Å². The average Bonchev–Trinajstić information content (AvgIpc) is 3.34. The molecule has 23 heavy (non-hydrogen) atoms. The maximum atomic E-state index is 5.67. The van der Waals surface area contributed by atoms with Crippen LogP contribution in [0.15, 0.2) is 35.3 Å². The summed E-state index contributed by atoms with van der Waals surface area (Å²) in [5.41, 5.74) is 0. The number of nitrogens with zero attached hydrogens (tertiary/aromatic N) is 2. The summed E-state index contributed by atoms with van der Waals surface area (Å²) >= 11 is 0. The van der Waals surface area contributed by atoms with E-state index in [1.54, 1.807) is 0 Å². The number of rotatable bonds is 7. The smallest absolute Gasteiger partial charge is 0.191 e. The van der Waals surface area contributed by atoms with Gasteiger partial charge in [-0.3, -0.25) is 4.99 Å². The van der Waals surface area contributed by atoms with Gasteiger partial charge in [-0.05, 0) is 43.9 Å². The van der Waals surface area contributed by atoms with Gasteiger partial charge in [-0.1, -0.05) is 18.2 Å². The van der Waals surface area contributed by atoms with Crippen LogP contribution >= 0.6 is 0 Å². The summed E-state index contributed by atoms with van der Waals surface area (Å²) in [6.07, 6.45) is 4.12. The lowest BCUT2D eigenvalue weighted by molar-refractivity contribution is 0.313. The molecule has 2 fully saturated rings. The normalized spacial score (nSPS) is 22.1. The summed E-state index contributed by atoms with van der Waals surface area (Å²) in [4.78, 5) is 6.93. The van der Waals surface area contributed by atoms with Crippen LogP contribution in [-0.2, 0) is 0 Å². The van der Waals surface area contributed by atoms with E-state index in [4.69, 9.17) is 4.74 Å². The van der Waals surface area contributed by atoms with Gasteiger partial charge < -0.3 is 20.3 Å². The largest absolute Gasteiger partial charge is 0.492 e. The molecule has 126 valence electrons. The molecule has 1 aromatic carbocycles. The third kappa shape index (κ3) is 5.13. The maximum absolute atomic E-state index is 5.67. The van der Waals surface area contributed by atoms with Crippen molar-refractivity contribution in [2.24, 2.45) is 10.9 Å².